The number of rotatable bonds is 8. The van der Waals surface area contributed by atoms with Crippen molar-refractivity contribution in [2.24, 2.45) is 0 Å². The van der Waals surface area contributed by atoms with Crippen LogP contribution in [-0.4, -0.2) is 37.2 Å². The molecule has 1 aromatic rings. The van der Waals surface area contributed by atoms with Gasteiger partial charge in [-0.05, 0) is 25.0 Å². The Morgan fingerprint density at radius 2 is 1.79 bits per heavy atom. The van der Waals surface area contributed by atoms with Gasteiger partial charge in [-0.1, -0.05) is 32.0 Å². The van der Waals surface area contributed by atoms with Gasteiger partial charge in [-0.3, -0.25) is 0 Å². The average Bonchev–Trinajstić information content (AvgIpc) is 2.44. The maximum atomic E-state index is 11.9. The molecule has 0 saturated carbocycles. The molecular formula is C15H24N2O2. The topological polar surface area (TPSA) is 41.6 Å². The maximum Gasteiger partial charge on any atom is 0.317 e. The van der Waals surface area contributed by atoms with Gasteiger partial charge in [0.25, 0.3) is 0 Å². The molecule has 4 nitrogen and oxygen atoms in total. The molecule has 0 spiro atoms. The zero-order valence-corrected chi connectivity index (χ0v) is 11.9. The first-order valence-corrected chi connectivity index (χ1v) is 6.98. The van der Waals surface area contributed by atoms with Gasteiger partial charge in [0, 0.05) is 13.1 Å². The van der Waals surface area contributed by atoms with Crippen LogP contribution in [0, 0.1) is 0 Å². The highest BCUT2D eigenvalue weighted by atomic mass is 16.5. The van der Waals surface area contributed by atoms with Crippen LogP contribution >= 0.6 is 0 Å². The molecule has 19 heavy (non-hydrogen) atoms. The van der Waals surface area contributed by atoms with E-state index < -0.39 is 0 Å². The smallest absolute Gasteiger partial charge is 0.317 e. The summed E-state index contributed by atoms with van der Waals surface area (Å²) in [7, 11) is 0. The van der Waals surface area contributed by atoms with Gasteiger partial charge in [0.2, 0.25) is 0 Å². The molecule has 0 aliphatic heterocycles. The van der Waals surface area contributed by atoms with E-state index in [9.17, 15) is 4.79 Å². The van der Waals surface area contributed by atoms with Crippen molar-refractivity contribution in [2.75, 3.05) is 26.2 Å². The van der Waals surface area contributed by atoms with E-state index in [1.165, 1.54) is 0 Å². The zero-order chi connectivity index (χ0) is 13.9. The van der Waals surface area contributed by atoms with E-state index in [-0.39, 0.29) is 6.03 Å². The van der Waals surface area contributed by atoms with Crippen molar-refractivity contribution in [3.63, 3.8) is 0 Å². The Morgan fingerprint density at radius 3 is 2.37 bits per heavy atom. The molecule has 1 rings (SSSR count). The minimum absolute atomic E-state index is 0.000335. The van der Waals surface area contributed by atoms with Gasteiger partial charge in [-0.15, -0.1) is 0 Å². The first kappa shape index (κ1) is 15.3. The molecule has 0 saturated heterocycles. The van der Waals surface area contributed by atoms with E-state index in [1.807, 2.05) is 35.2 Å². The number of nitrogens with zero attached hydrogens (tertiary/aromatic N) is 1. The number of para-hydroxylation sites is 1. The van der Waals surface area contributed by atoms with Crippen molar-refractivity contribution >= 4 is 6.03 Å². The second-order valence-corrected chi connectivity index (χ2v) is 4.38. The van der Waals surface area contributed by atoms with Gasteiger partial charge in [0.1, 0.15) is 12.4 Å². The van der Waals surface area contributed by atoms with Crippen LogP contribution in [0.25, 0.3) is 0 Å². The lowest BCUT2D eigenvalue weighted by Crippen LogP contribution is -2.42. The van der Waals surface area contributed by atoms with E-state index in [1.54, 1.807) is 0 Å². The standard InChI is InChI=1S/C15H24N2O2/c1-3-11-17(12-4-2)15(18)16-10-13-19-14-8-6-5-7-9-14/h5-9H,3-4,10-13H2,1-2H3,(H,16,18). The Morgan fingerprint density at radius 1 is 1.16 bits per heavy atom. The molecule has 0 radical (unpaired) electrons. The molecule has 0 aliphatic carbocycles. The van der Waals surface area contributed by atoms with Gasteiger partial charge in [-0.2, -0.15) is 0 Å². The van der Waals surface area contributed by atoms with Crippen molar-refractivity contribution < 1.29 is 9.53 Å². The van der Waals surface area contributed by atoms with Crippen LogP contribution in [0.2, 0.25) is 0 Å². The third kappa shape index (κ3) is 6.13. The fraction of sp³-hybridized carbons (Fsp3) is 0.533. The van der Waals surface area contributed by atoms with Crippen molar-refractivity contribution in [1.82, 2.24) is 10.2 Å². The summed E-state index contributed by atoms with van der Waals surface area (Å²) < 4.78 is 5.52. The number of amides is 2. The molecule has 0 atom stereocenters. The van der Waals surface area contributed by atoms with E-state index in [0.29, 0.717) is 13.2 Å². The SMILES string of the molecule is CCCN(CCC)C(=O)NCCOc1ccccc1. The van der Waals surface area contributed by atoms with Crippen LogP contribution in [0.4, 0.5) is 4.79 Å². The van der Waals surface area contributed by atoms with Gasteiger partial charge in [0.05, 0.1) is 6.54 Å². The third-order valence-electron chi connectivity index (χ3n) is 2.66. The number of hydrogen-bond acceptors (Lipinski definition) is 2. The Kier molecular flexibility index (Phi) is 7.47. The van der Waals surface area contributed by atoms with Gasteiger partial charge in [-0.25, -0.2) is 4.79 Å². The summed E-state index contributed by atoms with van der Waals surface area (Å²) in [6, 6.07) is 9.61. The molecule has 4 heteroatoms. The lowest BCUT2D eigenvalue weighted by atomic mass is 10.3. The van der Waals surface area contributed by atoms with Crippen LogP contribution < -0.4 is 10.1 Å². The van der Waals surface area contributed by atoms with Crippen LogP contribution in [0.1, 0.15) is 26.7 Å². The fourth-order valence-corrected chi connectivity index (χ4v) is 1.81. The van der Waals surface area contributed by atoms with Crippen LogP contribution in [0.5, 0.6) is 5.75 Å². The molecule has 0 aromatic heterocycles. The van der Waals surface area contributed by atoms with Crippen LogP contribution in [0.3, 0.4) is 0 Å². The summed E-state index contributed by atoms with van der Waals surface area (Å²) >= 11 is 0. The van der Waals surface area contributed by atoms with Crippen LogP contribution in [0.15, 0.2) is 30.3 Å². The second kappa shape index (κ2) is 9.25. The molecule has 2 amide bonds. The fourth-order valence-electron chi connectivity index (χ4n) is 1.81. The highest BCUT2D eigenvalue weighted by Crippen LogP contribution is 2.07. The molecule has 0 fully saturated rings. The number of ether oxygens (including phenoxy) is 1. The normalized spacial score (nSPS) is 10.0. The molecule has 0 bridgehead atoms. The number of carbonyl (C=O) groups excluding carboxylic acids is 1. The summed E-state index contributed by atoms with van der Waals surface area (Å²) in [5, 5.41) is 2.88. The predicted molar refractivity (Wildman–Crippen MR) is 77.5 cm³/mol. The van der Waals surface area contributed by atoms with E-state index in [4.69, 9.17) is 4.74 Å². The van der Waals surface area contributed by atoms with Crippen molar-refractivity contribution in [3.8, 4) is 5.75 Å². The Hall–Kier alpha value is -1.71. The number of urea groups is 1. The first-order chi connectivity index (χ1) is 9.27. The third-order valence-corrected chi connectivity index (χ3v) is 2.66. The number of carbonyl (C=O) groups is 1. The first-order valence-electron chi connectivity index (χ1n) is 6.98. The molecular weight excluding hydrogens is 240 g/mol. The maximum absolute atomic E-state index is 11.9. The minimum Gasteiger partial charge on any atom is -0.492 e. The number of benzene rings is 1. The van der Waals surface area contributed by atoms with Crippen LogP contribution in [-0.2, 0) is 0 Å². The van der Waals surface area contributed by atoms with Gasteiger partial charge in [0.15, 0.2) is 0 Å². The Bertz CT molecular complexity index is 348. The van der Waals surface area contributed by atoms with Crippen molar-refractivity contribution in [2.45, 2.75) is 26.7 Å². The number of hydrogen-bond donors (Lipinski definition) is 1. The zero-order valence-electron chi connectivity index (χ0n) is 11.9. The van der Waals surface area contributed by atoms with Crippen molar-refractivity contribution in [1.29, 1.82) is 0 Å². The number of nitrogens with one attached hydrogen (secondary N) is 1. The summed E-state index contributed by atoms with van der Waals surface area (Å²) in [5.41, 5.74) is 0. The minimum atomic E-state index is 0.000335. The molecule has 0 unspecified atom stereocenters. The highest BCUT2D eigenvalue weighted by molar-refractivity contribution is 5.74. The summed E-state index contributed by atoms with van der Waals surface area (Å²) in [5.74, 6) is 0.829. The lowest BCUT2D eigenvalue weighted by Gasteiger charge is -2.21. The Balaban J connectivity index is 2.22. The van der Waals surface area contributed by atoms with E-state index in [2.05, 4.69) is 19.2 Å². The molecule has 1 aromatic carbocycles. The van der Waals surface area contributed by atoms with Gasteiger partial charge < -0.3 is 15.0 Å². The molecule has 0 aliphatic rings. The Labute approximate surface area is 115 Å². The largest absolute Gasteiger partial charge is 0.492 e. The summed E-state index contributed by atoms with van der Waals surface area (Å²) in [6.07, 6.45) is 1.96. The molecule has 1 N–H and O–H groups in total. The van der Waals surface area contributed by atoms with E-state index >= 15 is 0 Å². The average molecular weight is 264 g/mol. The predicted octanol–water partition coefficient (Wildman–Crippen LogP) is 2.90. The highest BCUT2D eigenvalue weighted by Gasteiger charge is 2.10. The summed E-state index contributed by atoms with van der Waals surface area (Å²) in [4.78, 5) is 13.7. The van der Waals surface area contributed by atoms with Gasteiger partial charge >= 0.3 is 6.03 Å². The second-order valence-electron chi connectivity index (χ2n) is 4.38. The lowest BCUT2D eigenvalue weighted by molar-refractivity contribution is 0.194. The van der Waals surface area contributed by atoms with Crippen molar-refractivity contribution in [3.05, 3.63) is 30.3 Å². The molecule has 106 valence electrons. The summed E-state index contributed by atoms with van der Waals surface area (Å²) in [6.45, 7) is 6.78. The van der Waals surface area contributed by atoms with E-state index in [0.717, 1.165) is 31.7 Å². The molecule has 0 heterocycles. The quantitative estimate of drug-likeness (QED) is 0.734. The monoisotopic (exact) mass is 264 g/mol.